The van der Waals surface area contributed by atoms with E-state index in [1.807, 2.05) is 0 Å². The lowest BCUT2D eigenvalue weighted by Crippen LogP contribution is -2.31. The Morgan fingerprint density at radius 1 is 1.00 bits per heavy atom. The minimum Gasteiger partial charge on any atom is -0.310 e. The van der Waals surface area contributed by atoms with Gasteiger partial charge in [0.25, 0.3) is 0 Å². The molecule has 0 aromatic heterocycles. The second-order valence-electron chi connectivity index (χ2n) is 5.86. The molecule has 0 saturated carbocycles. The van der Waals surface area contributed by atoms with Gasteiger partial charge >= 0.3 is 0 Å². The molecule has 1 atom stereocenters. The van der Waals surface area contributed by atoms with Crippen LogP contribution in [0.2, 0.25) is 0 Å². The summed E-state index contributed by atoms with van der Waals surface area (Å²) < 4.78 is 28.8. The van der Waals surface area contributed by atoms with E-state index in [9.17, 15) is 8.78 Å². The molecule has 0 amide bonds. The van der Waals surface area contributed by atoms with Gasteiger partial charge in [0.1, 0.15) is 11.6 Å². The summed E-state index contributed by atoms with van der Waals surface area (Å²) in [4.78, 5) is 0. The molecule has 0 aliphatic carbocycles. The van der Waals surface area contributed by atoms with Crippen LogP contribution in [0, 0.1) is 24.5 Å². The van der Waals surface area contributed by atoms with Gasteiger partial charge in [-0.15, -0.1) is 0 Å². The van der Waals surface area contributed by atoms with E-state index in [0.29, 0.717) is 5.56 Å². The van der Waals surface area contributed by atoms with Gasteiger partial charge in [0.2, 0.25) is 0 Å². The fourth-order valence-corrected chi connectivity index (χ4v) is 2.99. The third-order valence-corrected chi connectivity index (χ3v) is 4.04. The SMILES string of the molecule is CCCNC(c1c(F)ccc(C)c1F)C(CCC)CCC. The zero-order valence-corrected chi connectivity index (χ0v) is 13.8. The maximum absolute atomic E-state index is 14.5. The van der Waals surface area contributed by atoms with Crippen molar-refractivity contribution in [2.75, 3.05) is 6.54 Å². The molecule has 0 radical (unpaired) electrons. The highest BCUT2D eigenvalue weighted by Crippen LogP contribution is 2.33. The summed E-state index contributed by atoms with van der Waals surface area (Å²) in [5, 5.41) is 3.38. The highest BCUT2D eigenvalue weighted by Gasteiger charge is 2.27. The maximum atomic E-state index is 14.5. The lowest BCUT2D eigenvalue weighted by molar-refractivity contribution is 0.301. The smallest absolute Gasteiger partial charge is 0.133 e. The lowest BCUT2D eigenvalue weighted by atomic mass is 9.85. The van der Waals surface area contributed by atoms with Crippen molar-refractivity contribution in [2.45, 2.75) is 65.8 Å². The fourth-order valence-electron chi connectivity index (χ4n) is 2.99. The van der Waals surface area contributed by atoms with Gasteiger partial charge in [-0.25, -0.2) is 8.78 Å². The summed E-state index contributed by atoms with van der Waals surface area (Å²) in [6, 6.07) is 2.67. The van der Waals surface area contributed by atoms with Crippen LogP contribution in [0.25, 0.3) is 0 Å². The standard InChI is InChI=1S/C18H29F2N/c1-5-8-14(9-6-2)18(21-12-7-3)16-15(19)11-10-13(4)17(16)20/h10-11,14,18,21H,5-9,12H2,1-4H3. The van der Waals surface area contributed by atoms with E-state index in [4.69, 9.17) is 0 Å². The van der Waals surface area contributed by atoms with Crippen LogP contribution in [0.15, 0.2) is 12.1 Å². The van der Waals surface area contributed by atoms with Crippen molar-refractivity contribution < 1.29 is 8.78 Å². The molecular formula is C18H29F2N. The van der Waals surface area contributed by atoms with Crippen LogP contribution in [-0.4, -0.2) is 6.54 Å². The van der Waals surface area contributed by atoms with Gasteiger partial charge in [0, 0.05) is 11.6 Å². The monoisotopic (exact) mass is 297 g/mol. The molecule has 0 spiro atoms. The minimum atomic E-state index is -0.427. The average molecular weight is 297 g/mol. The van der Waals surface area contributed by atoms with E-state index in [1.165, 1.54) is 12.1 Å². The van der Waals surface area contributed by atoms with Crippen molar-refractivity contribution in [1.29, 1.82) is 0 Å². The molecule has 1 aromatic rings. The molecule has 0 bridgehead atoms. The quantitative estimate of drug-likeness (QED) is 0.632. The van der Waals surface area contributed by atoms with Crippen molar-refractivity contribution in [1.82, 2.24) is 5.32 Å². The number of hydrogen-bond donors (Lipinski definition) is 1. The van der Waals surface area contributed by atoms with Gasteiger partial charge in [0.15, 0.2) is 0 Å². The Kier molecular flexibility index (Phi) is 7.87. The molecule has 0 aliphatic rings. The predicted molar refractivity (Wildman–Crippen MR) is 85.4 cm³/mol. The number of hydrogen-bond acceptors (Lipinski definition) is 1. The van der Waals surface area contributed by atoms with Crippen molar-refractivity contribution in [3.63, 3.8) is 0 Å². The van der Waals surface area contributed by atoms with Gasteiger partial charge in [-0.05, 0) is 50.3 Å². The fraction of sp³-hybridized carbons (Fsp3) is 0.667. The third kappa shape index (κ3) is 4.77. The molecule has 3 heteroatoms. The molecule has 0 fully saturated rings. The Hall–Kier alpha value is -0.960. The number of aryl methyl sites for hydroxylation is 1. The second kappa shape index (κ2) is 9.14. The topological polar surface area (TPSA) is 12.0 Å². The van der Waals surface area contributed by atoms with Crippen molar-refractivity contribution in [3.8, 4) is 0 Å². The molecule has 1 rings (SSSR count). The summed E-state index contributed by atoms with van der Waals surface area (Å²) >= 11 is 0. The molecule has 0 aliphatic heterocycles. The van der Waals surface area contributed by atoms with Gasteiger partial charge in [-0.3, -0.25) is 0 Å². The molecule has 120 valence electrons. The van der Waals surface area contributed by atoms with E-state index < -0.39 is 5.82 Å². The Morgan fingerprint density at radius 2 is 1.62 bits per heavy atom. The van der Waals surface area contributed by atoms with Gasteiger partial charge in [-0.2, -0.15) is 0 Å². The number of rotatable bonds is 9. The maximum Gasteiger partial charge on any atom is 0.133 e. The van der Waals surface area contributed by atoms with Crippen LogP contribution in [0.4, 0.5) is 8.78 Å². The first-order valence-corrected chi connectivity index (χ1v) is 8.24. The first-order valence-electron chi connectivity index (χ1n) is 8.24. The predicted octanol–water partition coefficient (Wildman–Crippen LogP) is 5.53. The summed E-state index contributed by atoms with van der Waals surface area (Å²) in [6.45, 7) is 8.80. The molecule has 1 N–H and O–H groups in total. The van der Waals surface area contributed by atoms with Crippen LogP contribution in [0.5, 0.6) is 0 Å². The first kappa shape index (κ1) is 18.1. The average Bonchev–Trinajstić information content (AvgIpc) is 2.46. The Labute approximate surface area is 128 Å². The Morgan fingerprint density at radius 3 is 2.14 bits per heavy atom. The summed E-state index contributed by atoms with van der Waals surface area (Å²) in [5.74, 6) is -0.540. The number of benzene rings is 1. The van der Waals surface area contributed by atoms with E-state index in [0.717, 1.165) is 38.6 Å². The van der Waals surface area contributed by atoms with E-state index in [-0.39, 0.29) is 23.3 Å². The third-order valence-electron chi connectivity index (χ3n) is 4.04. The molecular weight excluding hydrogens is 268 g/mol. The molecule has 0 heterocycles. The molecule has 21 heavy (non-hydrogen) atoms. The minimum absolute atomic E-state index is 0.232. The first-order chi connectivity index (χ1) is 10.1. The van der Waals surface area contributed by atoms with Crippen LogP contribution >= 0.6 is 0 Å². The molecule has 1 aromatic carbocycles. The van der Waals surface area contributed by atoms with Crippen molar-refractivity contribution >= 4 is 0 Å². The van der Waals surface area contributed by atoms with Crippen molar-refractivity contribution in [3.05, 3.63) is 34.9 Å². The van der Waals surface area contributed by atoms with Crippen LogP contribution in [-0.2, 0) is 0 Å². The summed E-state index contributed by atoms with van der Waals surface area (Å²) in [7, 11) is 0. The van der Waals surface area contributed by atoms with Crippen molar-refractivity contribution in [2.24, 2.45) is 5.92 Å². The Bertz CT molecular complexity index is 425. The van der Waals surface area contributed by atoms with Crippen LogP contribution in [0.1, 0.15) is 70.0 Å². The zero-order chi connectivity index (χ0) is 15.8. The highest BCUT2D eigenvalue weighted by atomic mass is 19.1. The lowest BCUT2D eigenvalue weighted by Gasteiger charge is -2.29. The van der Waals surface area contributed by atoms with Gasteiger partial charge in [0.05, 0.1) is 0 Å². The summed E-state index contributed by atoms with van der Waals surface area (Å²) in [6.07, 6.45) is 4.99. The zero-order valence-electron chi connectivity index (χ0n) is 13.8. The largest absolute Gasteiger partial charge is 0.310 e. The summed E-state index contributed by atoms with van der Waals surface area (Å²) in [5.41, 5.74) is 0.747. The normalized spacial score (nSPS) is 12.9. The number of nitrogens with one attached hydrogen (secondary N) is 1. The molecule has 0 saturated heterocycles. The number of halogens is 2. The highest BCUT2D eigenvalue weighted by molar-refractivity contribution is 5.29. The van der Waals surface area contributed by atoms with E-state index in [1.54, 1.807) is 6.92 Å². The second-order valence-corrected chi connectivity index (χ2v) is 5.86. The van der Waals surface area contributed by atoms with Crippen LogP contribution < -0.4 is 5.32 Å². The molecule has 1 unspecified atom stereocenters. The van der Waals surface area contributed by atoms with E-state index >= 15 is 0 Å². The Balaban J connectivity index is 3.19. The van der Waals surface area contributed by atoms with Gasteiger partial charge in [-0.1, -0.05) is 39.7 Å². The van der Waals surface area contributed by atoms with E-state index in [2.05, 4.69) is 26.1 Å². The van der Waals surface area contributed by atoms with Crippen LogP contribution in [0.3, 0.4) is 0 Å². The molecule has 1 nitrogen and oxygen atoms in total. The van der Waals surface area contributed by atoms with Gasteiger partial charge < -0.3 is 5.32 Å².